The van der Waals surface area contributed by atoms with Gasteiger partial charge < -0.3 is 33.6 Å². The van der Waals surface area contributed by atoms with E-state index >= 15 is 0 Å². The number of carbonyl (C=O) groups is 4. The van der Waals surface area contributed by atoms with Crippen molar-refractivity contribution in [2.75, 3.05) is 20.1 Å². The van der Waals surface area contributed by atoms with Gasteiger partial charge in [-0.05, 0) is 43.9 Å². The number of aliphatic imine (C=N–C) groups is 1. The number of hydrogen-bond acceptors (Lipinski definition) is 7. The van der Waals surface area contributed by atoms with Gasteiger partial charge in [-0.2, -0.15) is 0 Å². The maximum atomic E-state index is 13.6. The van der Waals surface area contributed by atoms with Crippen LogP contribution in [0, 0.1) is 11.8 Å². The lowest BCUT2D eigenvalue weighted by molar-refractivity contribution is -0.133. The van der Waals surface area contributed by atoms with Crippen molar-refractivity contribution in [1.82, 2.24) is 10.6 Å². The monoisotopic (exact) mass is 625 g/mol. The minimum absolute atomic E-state index is 0.0638. The molecule has 11 nitrogen and oxygen atoms in total. The highest BCUT2D eigenvalue weighted by atomic mass is 16.2. The molecule has 0 heterocycles. The molecule has 0 aliphatic heterocycles. The number of nitrogens with one attached hydrogen (secondary N) is 2. The SMILES string of the molecule is CC.CC.CNC[C@H](CC(=O)[C@H](Cc1ccccc1)NC(=O)[C@@H](CCCN=C(N)N)CC(=O)[C@@H](N)Cc1ccccc1)C(N)=O. The smallest absolute Gasteiger partial charge is 0.224 e. The van der Waals surface area contributed by atoms with Crippen LogP contribution in [0.3, 0.4) is 0 Å². The van der Waals surface area contributed by atoms with Crippen molar-refractivity contribution in [3.05, 3.63) is 71.8 Å². The molecule has 2 rings (SSSR count). The number of hydrogen-bond donors (Lipinski definition) is 6. The second-order valence-corrected chi connectivity index (χ2v) is 10.2. The maximum Gasteiger partial charge on any atom is 0.224 e. The number of guanidine groups is 1. The summed E-state index contributed by atoms with van der Waals surface area (Å²) < 4.78 is 0. The standard InChI is InChI=1S/C30H43N7O4.2C2H6/c1-35-19-23(28(32)40)18-27(39)25(16-21-11-6-3-7-12-21)37-29(41)22(13-8-14-36-30(33)34)17-26(38)24(31)15-20-9-4-2-5-10-20;2*1-2/h2-7,9-12,22-25,35H,8,13-19,31H2,1H3,(H2,32,40)(H,37,41)(H4,33,34,36);2*1-2H3/t22-,23-,24-,25-;;/m0../s1. The van der Waals surface area contributed by atoms with Gasteiger partial charge in [0.25, 0.3) is 0 Å². The van der Waals surface area contributed by atoms with Crippen LogP contribution in [0.5, 0.6) is 0 Å². The van der Waals surface area contributed by atoms with E-state index in [1.54, 1.807) is 7.05 Å². The van der Waals surface area contributed by atoms with Gasteiger partial charge in [0.1, 0.15) is 0 Å². The van der Waals surface area contributed by atoms with E-state index in [4.69, 9.17) is 22.9 Å². The van der Waals surface area contributed by atoms with E-state index in [1.165, 1.54) is 0 Å². The second-order valence-electron chi connectivity index (χ2n) is 10.2. The highest BCUT2D eigenvalue weighted by Gasteiger charge is 2.30. The van der Waals surface area contributed by atoms with Crippen molar-refractivity contribution in [2.24, 2.45) is 39.8 Å². The number of nitrogens with zero attached hydrogens (tertiary/aromatic N) is 1. The van der Waals surface area contributed by atoms with Crippen LogP contribution in [0.2, 0.25) is 0 Å². The molecule has 0 spiro atoms. The quantitative estimate of drug-likeness (QED) is 0.0773. The summed E-state index contributed by atoms with van der Waals surface area (Å²) in [6.45, 7) is 8.52. The molecule has 2 aromatic rings. The molecule has 0 saturated carbocycles. The van der Waals surface area contributed by atoms with Crippen LogP contribution in [0.1, 0.15) is 64.5 Å². The minimum Gasteiger partial charge on any atom is -0.370 e. The Morgan fingerprint density at radius 2 is 1.27 bits per heavy atom. The minimum atomic E-state index is -0.920. The average molecular weight is 626 g/mol. The number of nitrogens with two attached hydrogens (primary N) is 4. The molecule has 0 bridgehead atoms. The first kappa shape index (κ1) is 40.9. The molecule has 0 unspecified atom stereocenters. The van der Waals surface area contributed by atoms with Gasteiger partial charge in [0, 0.05) is 31.8 Å². The molecule has 0 aliphatic rings. The van der Waals surface area contributed by atoms with Gasteiger partial charge in [-0.3, -0.25) is 24.2 Å². The number of ketones is 2. The summed E-state index contributed by atoms with van der Waals surface area (Å²) in [5, 5.41) is 5.73. The molecule has 0 fully saturated rings. The molecule has 2 aromatic carbocycles. The number of primary amides is 1. The van der Waals surface area contributed by atoms with Crippen molar-refractivity contribution < 1.29 is 19.2 Å². The molecule has 10 N–H and O–H groups in total. The topological polar surface area (TPSA) is 209 Å². The molecular weight excluding hydrogens is 570 g/mol. The average Bonchev–Trinajstić information content (AvgIpc) is 3.04. The molecule has 0 aliphatic carbocycles. The number of amides is 2. The fourth-order valence-electron chi connectivity index (χ4n) is 4.54. The molecule has 4 atom stereocenters. The summed E-state index contributed by atoms with van der Waals surface area (Å²) in [6.07, 6.45) is 1.08. The number of rotatable bonds is 19. The Kier molecular flexibility index (Phi) is 22.1. The summed E-state index contributed by atoms with van der Waals surface area (Å²) in [5.74, 6) is -3.19. The van der Waals surface area contributed by atoms with E-state index in [0.29, 0.717) is 19.3 Å². The van der Waals surface area contributed by atoms with Crippen molar-refractivity contribution in [2.45, 2.75) is 78.3 Å². The molecule has 0 saturated heterocycles. The van der Waals surface area contributed by atoms with E-state index in [9.17, 15) is 19.2 Å². The normalized spacial score (nSPS) is 12.8. The van der Waals surface area contributed by atoms with Crippen molar-refractivity contribution >= 4 is 29.3 Å². The zero-order valence-electron chi connectivity index (χ0n) is 27.6. The summed E-state index contributed by atoms with van der Waals surface area (Å²) in [7, 11) is 1.66. The van der Waals surface area contributed by atoms with Crippen molar-refractivity contribution in [1.29, 1.82) is 0 Å². The van der Waals surface area contributed by atoms with Gasteiger partial charge in [-0.15, -0.1) is 0 Å². The number of Topliss-reactive ketones (excluding diaryl/α,β-unsaturated/α-hetero) is 2. The highest BCUT2D eigenvalue weighted by Crippen LogP contribution is 2.17. The summed E-state index contributed by atoms with van der Waals surface area (Å²) in [6, 6.07) is 16.9. The van der Waals surface area contributed by atoms with Gasteiger partial charge in [0.2, 0.25) is 11.8 Å². The van der Waals surface area contributed by atoms with Crippen LogP contribution in [0.25, 0.3) is 0 Å². The zero-order chi connectivity index (χ0) is 34.2. The maximum absolute atomic E-state index is 13.6. The Hall–Kier alpha value is -4.09. The zero-order valence-corrected chi connectivity index (χ0v) is 27.6. The fraction of sp³-hybridized carbons (Fsp3) is 0.500. The summed E-state index contributed by atoms with van der Waals surface area (Å²) in [4.78, 5) is 56.0. The Bertz CT molecular complexity index is 1160. The lowest BCUT2D eigenvalue weighted by Gasteiger charge is -2.24. The van der Waals surface area contributed by atoms with Crippen molar-refractivity contribution in [3.8, 4) is 0 Å². The number of benzene rings is 2. The molecule has 250 valence electrons. The third-order valence-corrected chi connectivity index (χ3v) is 6.82. The Labute approximate surface area is 269 Å². The predicted molar refractivity (Wildman–Crippen MR) is 182 cm³/mol. The second kappa shape index (κ2) is 24.3. The first-order valence-corrected chi connectivity index (χ1v) is 15.8. The molecule has 0 radical (unpaired) electrons. The molecule has 45 heavy (non-hydrogen) atoms. The third kappa shape index (κ3) is 17.1. The van der Waals surface area contributed by atoms with Gasteiger partial charge in [0.15, 0.2) is 17.5 Å². The van der Waals surface area contributed by atoms with Gasteiger partial charge in [-0.1, -0.05) is 88.4 Å². The lowest BCUT2D eigenvalue weighted by atomic mass is 9.90. The van der Waals surface area contributed by atoms with E-state index in [-0.39, 0.29) is 49.9 Å². The molecule has 11 heteroatoms. The Morgan fingerprint density at radius 3 is 1.76 bits per heavy atom. The Morgan fingerprint density at radius 1 is 0.756 bits per heavy atom. The third-order valence-electron chi connectivity index (χ3n) is 6.82. The summed E-state index contributed by atoms with van der Waals surface area (Å²) >= 11 is 0. The van der Waals surface area contributed by atoms with Gasteiger partial charge >= 0.3 is 0 Å². The first-order valence-electron chi connectivity index (χ1n) is 15.8. The number of carbonyl (C=O) groups excluding carboxylic acids is 4. The Balaban J connectivity index is 0.00000464. The van der Waals surface area contributed by atoms with Gasteiger partial charge in [0.05, 0.1) is 18.0 Å². The van der Waals surface area contributed by atoms with E-state index in [1.807, 2.05) is 88.4 Å². The lowest BCUT2D eigenvalue weighted by Crippen LogP contribution is -2.47. The van der Waals surface area contributed by atoms with Crippen LogP contribution in [0.4, 0.5) is 0 Å². The highest BCUT2D eigenvalue weighted by molar-refractivity contribution is 5.94. The van der Waals surface area contributed by atoms with E-state index in [2.05, 4.69) is 15.6 Å². The van der Waals surface area contributed by atoms with Crippen LogP contribution in [0.15, 0.2) is 65.7 Å². The van der Waals surface area contributed by atoms with Crippen LogP contribution in [-0.4, -0.2) is 61.6 Å². The van der Waals surface area contributed by atoms with E-state index < -0.39 is 35.7 Å². The van der Waals surface area contributed by atoms with Crippen LogP contribution < -0.4 is 33.6 Å². The summed E-state index contributed by atoms with van der Waals surface area (Å²) in [5.41, 5.74) is 24.3. The van der Waals surface area contributed by atoms with Crippen LogP contribution >= 0.6 is 0 Å². The molecular formula is C34H55N7O4. The van der Waals surface area contributed by atoms with Crippen LogP contribution in [-0.2, 0) is 32.0 Å². The van der Waals surface area contributed by atoms with E-state index in [0.717, 1.165) is 11.1 Å². The largest absolute Gasteiger partial charge is 0.370 e. The molecule has 0 aromatic heterocycles. The fourth-order valence-corrected chi connectivity index (χ4v) is 4.54. The first-order chi connectivity index (χ1) is 21.6. The molecule has 2 amide bonds. The predicted octanol–water partition coefficient (Wildman–Crippen LogP) is 2.25. The van der Waals surface area contributed by atoms with Crippen molar-refractivity contribution in [3.63, 3.8) is 0 Å². The van der Waals surface area contributed by atoms with Gasteiger partial charge in [-0.25, -0.2) is 0 Å².